The number of hydrogen-bond acceptors (Lipinski definition) is 3. The molecular weight excluding hydrogens is 281 g/mol. The number of carbonyl (C=O) groups excluding carboxylic acids is 3. The monoisotopic (exact) mass is 299 g/mol. The Morgan fingerprint density at radius 2 is 1.94 bits per heavy atom. The van der Waals surface area contributed by atoms with Gasteiger partial charge in [-0.1, -0.05) is 6.08 Å². The van der Waals surface area contributed by atoms with Gasteiger partial charge in [0.2, 0.25) is 0 Å². The molecule has 1 radical (unpaired) electrons. The maximum atomic E-state index is 11.1. The molecule has 0 amide bonds. The van der Waals surface area contributed by atoms with Crippen LogP contribution in [0.2, 0.25) is 0 Å². The molecule has 0 aromatic rings. The van der Waals surface area contributed by atoms with Crippen molar-refractivity contribution in [3.63, 3.8) is 0 Å². The molecule has 0 bridgehead atoms. The summed E-state index contributed by atoms with van der Waals surface area (Å²) < 4.78 is 0. The maximum absolute atomic E-state index is 11.1. The molecule has 0 N–H and O–H groups in total. The number of Topliss-reactive ketones (excluding diaryl/α,β-unsaturated/α-hetero) is 1. The van der Waals surface area contributed by atoms with Gasteiger partial charge in [-0.15, -0.1) is 6.42 Å². The van der Waals surface area contributed by atoms with Crippen LogP contribution in [0.3, 0.4) is 0 Å². The Kier molecular flexibility index (Phi) is 17.1. The van der Waals surface area contributed by atoms with Crippen molar-refractivity contribution in [1.29, 1.82) is 0 Å². The number of ketones is 1. The Morgan fingerprint density at radius 3 is 2.25 bits per heavy atom. The summed E-state index contributed by atoms with van der Waals surface area (Å²) in [6, 6.07) is 0. The molecule has 3 nitrogen and oxygen atoms in total. The summed E-state index contributed by atoms with van der Waals surface area (Å²) in [5.74, 6) is -0.303. The van der Waals surface area contributed by atoms with E-state index in [1.807, 2.05) is 0 Å². The van der Waals surface area contributed by atoms with Crippen molar-refractivity contribution in [2.75, 3.05) is 0 Å². The largest absolute Gasteiger partial charge is 0.358 e. The molecule has 89 valence electrons. The summed E-state index contributed by atoms with van der Waals surface area (Å²) >= 11 is 0. The first-order valence-corrected chi connectivity index (χ1v) is 4.55. The van der Waals surface area contributed by atoms with Gasteiger partial charge < -0.3 is 23.9 Å². The third-order valence-corrected chi connectivity index (χ3v) is 2.07. The fourth-order valence-electron chi connectivity index (χ4n) is 1.23. The molecule has 0 aliphatic carbocycles. The van der Waals surface area contributed by atoms with Crippen LogP contribution >= 0.6 is 0 Å². The first kappa shape index (κ1) is 21.2. The van der Waals surface area contributed by atoms with Crippen LogP contribution in [0.1, 0.15) is 26.2 Å². The van der Waals surface area contributed by atoms with Crippen molar-refractivity contribution in [1.82, 2.24) is 0 Å². The van der Waals surface area contributed by atoms with E-state index in [1.165, 1.54) is 0 Å². The summed E-state index contributed by atoms with van der Waals surface area (Å²) in [5.41, 5.74) is 0.513. The summed E-state index contributed by atoms with van der Waals surface area (Å²) in [5, 5.41) is 0. The van der Waals surface area contributed by atoms with E-state index >= 15 is 0 Å². The van der Waals surface area contributed by atoms with Crippen molar-refractivity contribution in [3.8, 4) is 0 Å². The normalized spacial score (nSPS) is 11.8. The number of carbonyl (C=O) groups is 3. The quantitative estimate of drug-likeness (QED) is 0.410. The van der Waals surface area contributed by atoms with Crippen molar-refractivity contribution in [3.05, 3.63) is 26.0 Å². The van der Waals surface area contributed by atoms with Crippen LogP contribution in [0.5, 0.6) is 0 Å². The summed E-state index contributed by atoms with van der Waals surface area (Å²) in [7, 11) is 0. The minimum atomic E-state index is -0.274. The molecule has 0 saturated carbocycles. The van der Waals surface area contributed by atoms with Gasteiger partial charge in [-0.3, -0.25) is 4.79 Å². The van der Waals surface area contributed by atoms with Crippen molar-refractivity contribution in [2.24, 2.45) is 5.92 Å². The van der Waals surface area contributed by atoms with Gasteiger partial charge >= 0.3 is 0 Å². The number of aldehydes is 2. The van der Waals surface area contributed by atoms with Crippen LogP contribution in [-0.4, -0.2) is 18.4 Å². The van der Waals surface area contributed by atoms with E-state index in [4.69, 9.17) is 0 Å². The topological polar surface area (TPSA) is 51.2 Å². The third-order valence-electron chi connectivity index (χ3n) is 2.07. The van der Waals surface area contributed by atoms with Crippen molar-refractivity contribution >= 4 is 18.4 Å². The molecule has 0 spiro atoms. The molecule has 0 rings (SSSR count). The molecule has 0 aliphatic rings. The van der Waals surface area contributed by atoms with Crippen molar-refractivity contribution < 1.29 is 47.1 Å². The second-order valence-electron chi connectivity index (χ2n) is 3.00. The average Bonchev–Trinajstić information content (AvgIpc) is 2.19. The van der Waals surface area contributed by atoms with E-state index in [0.717, 1.165) is 6.29 Å². The van der Waals surface area contributed by atoms with Gasteiger partial charge in [0, 0.05) is 51.5 Å². The molecule has 0 unspecified atom stereocenters. The second-order valence-corrected chi connectivity index (χ2v) is 3.00. The molecule has 0 fully saturated rings. The van der Waals surface area contributed by atoms with Gasteiger partial charge in [-0.05, 0) is 12.5 Å². The molecule has 0 aromatic carbocycles. The van der Waals surface area contributed by atoms with Gasteiger partial charge in [0.15, 0.2) is 0 Å². The molecule has 16 heavy (non-hydrogen) atoms. The fourth-order valence-corrected chi connectivity index (χ4v) is 1.23. The predicted molar refractivity (Wildman–Crippen MR) is 60.0 cm³/mol. The van der Waals surface area contributed by atoms with Crippen LogP contribution in [0, 0.1) is 20.3 Å². The van der Waals surface area contributed by atoms with Gasteiger partial charge in [0.25, 0.3) is 0 Å². The number of rotatable bonds is 7. The molecule has 0 heterocycles. The van der Waals surface area contributed by atoms with Crippen LogP contribution in [0.15, 0.2) is 11.6 Å². The fraction of sp³-hybridized carbons (Fsp3) is 0.417. The zero-order chi connectivity index (χ0) is 11.0. The summed E-state index contributed by atoms with van der Waals surface area (Å²) in [6.07, 6.45) is 3.70. The number of allylic oxidation sites excluding steroid dienone is 2. The van der Waals surface area contributed by atoms with E-state index in [1.54, 1.807) is 13.0 Å². The molecule has 0 aliphatic heterocycles. The minimum Gasteiger partial charge on any atom is -0.358 e. The minimum absolute atomic E-state index is 0. The van der Waals surface area contributed by atoms with Gasteiger partial charge in [-0.2, -0.15) is 0 Å². The van der Waals surface area contributed by atoms with E-state index in [2.05, 4.69) is 6.92 Å². The SMILES string of the molecule is [CH2-]CC(=O)C[C@H](CC=O)/C(C=O)=C\C.[CH3-].[Y]. The van der Waals surface area contributed by atoms with Crippen LogP contribution in [0.25, 0.3) is 0 Å². The molecule has 0 saturated heterocycles. The first-order valence-electron chi connectivity index (χ1n) is 4.55. The van der Waals surface area contributed by atoms with Gasteiger partial charge in [-0.25, -0.2) is 0 Å². The molecule has 0 aromatic heterocycles. The Bertz CT molecular complexity index is 247. The summed E-state index contributed by atoms with van der Waals surface area (Å²) in [6.45, 7) is 5.18. The Morgan fingerprint density at radius 1 is 1.38 bits per heavy atom. The second kappa shape index (κ2) is 12.9. The van der Waals surface area contributed by atoms with Gasteiger partial charge in [0.05, 0.1) is 0 Å². The Labute approximate surface area is 123 Å². The number of hydrogen-bond donors (Lipinski definition) is 0. The van der Waals surface area contributed by atoms with E-state index < -0.39 is 0 Å². The van der Waals surface area contributed by atoms with Crippen LogP contribution in [-0.2, 0) is 47.1 Å². The summed E-state index contributed by atoms with van der Waals surface area (Å²) in [4.78, 5) is 32.1. The van der Waals surface area contributed by atoms with E-state index in [9.17, 15) is 14.4 Å². The van der Waals surface area contributed by atoms with E-state index in [0.29, 0.717) is 11.9 Å². The third kappa shape index (κ3) is 8.06. The average molecular weight is 299 g/mol. The van der Waals surface area contributed by atoms with Crippen LogP contribution < -0.4 is 0 Å². The first-order chi connectivity index (χ1) is 6.69. The predicted octanol–water partition coefficient (Wildman–Crippen LogP) is 1.97. The Hall–Kier alpha value is -0.146. The van der Waals surface area contributed by atoms with E-state index in [-0.39, 0.29) is 71.1 Å². The molecule has 1 atom stereocenters. The van der Waals surface area contributed by atoms with Gasteiger partial charge in [0.1, 0.15) is 18.4 Å². The zero-order valence-corrected chi connectivity index (χ0v) is 12.8. The standard InChI is InChI=1S/C11H15O3.CH3.Y/c1-3-9(8-13)10(5-6-12)7-11(14)4-2;;/h3,6,8,10H,2,4-5,7H2,1H3;1H3;/q2*-1;/b9-3-;;/t10-;;/m0../s1. The molecule has 4 heteroatoms. The zero-order valence-electron chi connectivity index (χ0n) is 9.94. The van der Waals surface area contributed by atoms with Crippen molar-refractivity contribution in [2.45, 2.75) is 26.2 Å². The van der Waals surface area contributed by atoms with Crippen LogP contribution in [0.4, 0.5) is 0 Å². The Balaban J connectivity index is -0.000000845. The molecular formula is C12H18O3Y-2. The smallest absolute Gasteiger partial charge is 0.146 e. The maximum Gasteiger partial charge on any atom is 0.146 e.